The Hall–Kier alpha value is -0.383. The first-order chi connectivity index (χ1) is 8.70. The zero-order chi connectivity index (χ0) is 14.9. The van der Waals surface area contributed by atoms with Crippen LogP contribution in [0.4, 0.5) is 0 Å². The third kappa shape index (κ3) is 8.40. The average molecular weight is 285 g/mol. The van der Waals surface area contributed by atoms with Crippen LogP contribution < -0.4 is 0 Å². The molecule has 0 amide bonds. The lowest BCUT2D eigenvalue weighted by Gasteiger charge is -2.37. The Morgan fingerprint density at radius 1 is 1.16 bits per heavy atom. The molecule has 19 heavy (non-hydrogen) atoms. The fourth-order valence-electron chi connectivity index (χ4n) is 1.45. The molecule has 3 heteroatoms. The smallest absolute Gasteiger partial charge is 0.192 e. The predicted octanol–water partition coefficient (Wildman–Crippen LogP) is 4.67. The highest BCUT2D eigenvalue weighted by Gasteiger charge is 2.37. The van der Waals surface area contributed by atoms with Crippen LogP contribution in [0.5, 0.6) is 0 Å². The van der Waals surface area contributed by atoms with E-state index in [1.807, 2.05) is 0 Å². The second-order valence-electron chi connectivity index (χ2n) is 6.62. The Bertz CT molecular complexity index is 288. The standard InChI is InChI=1S/C16H32O2Si/c1-15(18-19(5,6)16(2,3)4)13-11-9-7-8-10-12-14-17/h7,9,11,13,15,17H,8,10,12,14H2,1-6H3/b9-7+,13-11+. The molecule has 1 N–H and O–H groups in total. The molecule has 0 saturated carbocycles. The lowest BCUT2D eigenvalue weighted by atomic mass is 10.2. The van der Waals surface area contributed by atoms with Crippen LogP contribution in [0.2, 0.25) is 18.1 Å². The van der Waals surface area contributed by atoms with E-state index >= 15 is 0 Å². The summed E-state index contributed by atoms with van der Waals surface area (Å²) in [6.07, 6.45) is 11.5. The van der Waals surface area contributed by atoms with Crippen molar-refractivity contribution in [2.45, 2.75) is 71.2 Å². The van der Waals surface area contributed by atoms with Crippen molar-refractivity contribution in [3.05, 3.63) is 24.3 Å². The van der Waals surface area contributed by atoms with E-state index in [0.717, 1.165) is 19.3 Å². The summed E-state index contributed by atoms with van der Waals surface area (Å²) in [4.78, 5) is 0. The van der Waals surface area contributed by atoms with Gasteiger partial charge in [-0.25, -0.2) is 0 Å². The van der Waals surface area contributed by atoms with Gasteiger partial charge < -0.3 is 9.53 Å². The maximum atomic E-state index is 8.66. The van der Waals surface area contributed by atoms with E-state index in [1.54, 1.807) is 0 Å². The minimum atomic E-state index is -1.66. The van der Waals surface area contributed by atoms with Crippen molar-refractivity contribution in [2.75, 3.05) is 6.61 Å². The Balaban J connectivity index is 4.07. The minimum Gasteiger partial charge on any atom is -0.411 e. The highest BCUT2D eigenvalue weighted by atomic mass is 28.4. The van der Waals surface area contributed by atoms with E-state index in [9.17, 15) is 0 Å². The summed E-state index contributed by atoms with van der Waals surface area (Å²) in [6.45, 7) is 13.7. The van der Waals surface area contributed by atoms with Gasteiger partial charge in [-0.05, 0) is 44.3 Å². The predicted molar refractivity (Wildman–Crippen MR) is 87.0 cm³/mol. The number of allylic oxidation sites excluding steroid dienone is 3. The van der Waals surface area contributed by atoms with Gasteiger partial charge in [-0.3, -0.25) is 0 Å². The maximum Gasteiger partial charge on any atom is 0.192 e. The van der Waals surface area contributed by atoms with E-state index in [2.05, 4.69) is 65.1 Å². The number of hydrogen-bond acceptors (Lipinski definition) is 2. The maximum absolute atomic E-state index is 8.66. The summed E-state index contributed by atoms with van der Waals surface area (Å²) in [5.41, 5.74) is 0. The van der Waals surface area contributed by atoms with Crippen molar-refractivity contribution in [3.63, 3.8) is 0 Å². The van der Waals surface area contributed by atoms with Gasteiger partial charge in [0.25, 0.3) is 0 Å². The number of rotatable bonds is 8. The molecule has 1 unspecified atom stereocenters. The highest BCUT2D eigenvalue weighted by Crippen LogP contribution is 2.37. The molecule has 0 aliphatic carbocycles. The molecule has 0 aromatic rings. The third-order valence-electron chi connectivity index (χ3n) is 3.69. The molecule has 0 aromatic carbocycles. The summed E-state index contributed by atoms with van der Waals surface area (Å²) >= 11 is 0. The van der Waals surface area contributed by atoms with Crippen molar-refractivity contribution in [2.24, 2.45) is 0 Å². The topological polar surface area (TPSA) is 29.5 Å². The van der Waals surface area contributed by atoms with Crippen LogP contribution in [0.3, 0.4) is 0 Å². The fourth-order valence-corrected chi connectivity index (χ4v) is 2.81. The molecule has 0 aliphatic rings. The number of aliphatic hydroxyl groups excluding tert-OH is 1. The quantitative estimate of drug-likeness (QED) is 0.399. The number of unbranched alkanes of at least 4 members (excludes halogenated alkanes) is 2. The van der Waals surface area contributed by atoms with Crippen LogP contribution in [-0.2, 0) is 4.43 Å². The van der Waals surface area contributed by atoms with Crippen LogP contribution in [-0.4, -0.2) is 26.1 Å². The fraction of sp³-hybridized carbons (Fsp3) is 0.750. The molecule has 0 saturated heterocycles. The molecule has 0 aliphatic heterocycles. The second kappa shape index (κ2) is 8.72. The Kier molecular flexibility index (Phi) is 8.55. The molecule has 0 heterocycles. The van der Waals surface area contributed by atoms with Gasteiger partial charge in [-0.15, -0.1) is 0 Å². The molecule has 0 rings (SSSR count). The second-order valence-corrected chi connectivity index (χ2v) is 11.4. The van der Waals surface area contributed by atoms with Crippen molar-refractivity contribution in [1.82, 2.24) is 0 Å². The summed E-state index contributed by atoms with van der Waals surface area (Å²) in [7, 11) is -1.66. The van der Waals surface area contributed by atoms with Crippen LogP contribution in [0.1, 0.15) is 47.0 Å². The zero-order valence-electron chi connectivity index (χ0n) is 13.6. The lowest BCUT2D eigenvalue weighted by molar-refractivity contribution is 0.243. The Labute approximate surface area is 120 Å². The van der Waals surface area contributed by atoms with Crippen molar-refractivity contribution in [3.8, 4) is 0 Å². The van der Waals surface area contributed by atoms with Gasteiger partial charge in [0.15, 0.2) is 8.32 Å². The first-order valence-electron chi connectivity index (χ1n) is 7.32. The summed E-state index contributed by atoms with van der Waals surface area (Å²) in [5, 5.41) is 8.92. The van der Waals surface area contributed by atoms with Gasteiger partial charge in [0, 0.05) is 6.61 Å². The van der Waals surface area contributed by atoms with Crippen LogP contribution in [0, 0.1) is 0 Å². The number of aliphatic hydroxyl groups is 1. The van der Waals surface area contributed by atoms with E-state index in [-0.39, 0.29) is 11.1 Å². The van der Waals surface area contributed by atoms with E-state index in [0.29, 0.717) is 6.61 Å². The van der Waals surface area contributed by atoms with Gasteiger partial charge in [0.05, 0.1) is 6.10 Å². The molecule has 2 nitrogen and oxygen atoms in total. The molecule has 1 atom stereocenters. The normalized spacial score (nSPS) is 15.5. The first-order valence-corrected chi connectivity index (χ1v) is 10.2. The Morgan fingerprint density at radius 3 is 2.32 bits per heavy atom. The molecule has 0 fully saturated rings. The van der Waals surface area contributed by atoms with E-state index < -0.39 is 8.32 Å². The molecule has 0 bridgehead atoms. The zero-order valence-corrected chi connectivity index (χ0v) is 14.6. The van der Waals surface area contributed by atoms with Gasteiger partial charge in [0.2, 0.25) is 0 Å². The number of hydrogen-bond donors (Lipinski definition) is 1. The largest absolute Gasteiger partial charge is 0.411 e. The summed E-state index contributed by atoms with van der Waals surface area (Å²) < 4.78 is 6.23. The molecule has 0 radical (unpaired) electrons. The molecular formula is C16H32O2Si. The SMILES string of the molecule is CC(/C=C/C=C/CCCCO)O[Si](C)(C)C(C)(C)C. The van der Waals surface area contributed by atoms with Gasteiger partial charge in [0.1, 0.15) is 0 Å². The van der Waals surface area contributed by atoms with Gasteiger partial charge >= 0.3 is 0 Å². The van der Waals surface area contributed by atoms with Crippen LogP contribution in [0.25, 0.3) is 0 Å². The minimum absolute atomic E-state index is 0.169. The lowest BCUT2D eigenvalue weighted by Crippen LogP contribution is -2.42. The van der Waals surface area contributed by atoms with Crippen LogP contribution in [0.15, 0.2) is 24.3 Å². The van der Waals surface area contributed by atoms with Crippen molar-refractivity contribution >= 4 is 8.32 Å². The van der Waals surface area contributed by atoms with Crippen molar-refractivity contribution in [1.29, 1.82) is 0 Å². The third-order valence-corrected chi connectivity index (χ3v) is 8.27. The van der Waals surface area contributed by atoms with Gasteiger partial charge in [-0.1, -0.05) is 45.1 Å². The first kappa shape index (κ1) is 18.6. The molecular weight excluding hydrogens is 252 g/mol. The van der Waals surface area contributed by atoms with E-state index in [1.165, 1.54) is 0 Å². The summed E-state index contributed by atoms with van der Waals surface area (Å²) in [6, 6.07) is 0. The van der Waals surface area contributed by atoms with E-state index in [4.69, 9.17) is 9.53 Å². The molecule has 0 aromatic heterocycles. The van der Waals surface area contributed by atoms with Crippen molar-refractivity contribution < 1.29 is 9.53 Å². The highest BCUT2D eigenvalue weighted by molar-refractivity contribution is 6.74. The monoisotopic (exact) mass is 284 g/mol. The molecule has 0 spiro atoms. The Morgan fingerprint density at radius 2 is 1.79 bits per heavy atom. The average Bonchev–Trinajstić information content (AvgIpc) is 2.25. The summed E-state index contributed by atoms with van der Waals surface area (Å²) in [5.74, 6) is 0. The van der Waals surface area contributed by atoms with Gasteiger partial charge in [-0.2, -0.15) is 0 Å². The molecule has 112 valence electrons. The van der Waals surface area contributed by atoms with Crippen LogP contribution >= 0.6 is 0 Å².